The predicted molar refractivity (Wildman–Crippen MR) is 111 cm³/mol. The van der Waals surface area contributed by atoms with Crippen LogP contribution in [0.25, 0.3) is 0 Å². The van der Waals surface area contributed by atoms with Crippen LogP contribution in [0.4, 0.5) is 5.69 Å². The average Bonchev–Trinajstić information content (AvgIpc) is 2.67. The summed E-state index contributed by atoms with van der Waals surface area (Å²) in [5.74, 6) is 1.83. The van der Waals surface area contributed by atoms with Crippen LogP contribution in [0.1, 0.15) is 75.3 Å². The summed E-state index contributed by atoms with van der Waals surface area (Å²) in [5, 5.41) is 3.54. The van der Waals surface area contributed by atoms with Gasteiger partial charge in [0.1, 0.15) is 0 Å². The minimum atomic E-state index is 0.744. The Hall–Kier alpha value is -1.76. The molecule has 1 heteroatoms. The molecule has 0 aliphatic heterocycles. The molecule has 1 nitrogen and oxygen atoms in total. The molecule has 2 aliphatic carbocycles. The molecule has 2 aromatic carbocycles. The molecule has 2 fully saturated rings. The third kappa shape index (κ3) is 3.98. The second-order valence-electron chi connectivity index (χ2n) is 8.80. The Balaban J connectivity index is 1.27. The molecule has 1 spiro atoms. The highest BCUT2D eigenvalue weighted by Crippen LogP contribution is 2.58. The van der Waals surface area contributed by atoms with Crippen molar-refractivity contribution in [3.05, 3.63) is 65.7 Å². The number of hydrogen-bond acceptors (Lipinski definition) is 1. The summed E-state index contributed by atoms with van der Waals surface area (Å²) >= 11 is 0. The molecule has 0 unspecified atom stereocenters. The van der Waals surface area contributed by atoms with E-state index in [0.717, 1.165) is 23.8 Å². The Morgan fingerprint density at radius 1 is 0.923 bits per heavy atom. The highest BCUT2D eigenvalue weighted by atomic mass is 14.9. The van der Waals surface area contributed by atoms with E-state index in [0.29, 0.717) is 0 Å². The van der Waals surface area contributed by atoms with Crippen LogP contribution in [0.3, 0.4) is 0 Å². The topological polar surface area (TPSA) is 12.0 Å². The van der Waals surface area contributed by atoms with Gasteiger partial charge in [0.15, 0.2) is 0 Å². The molecule has 0 atom stereocenters. The minimum absolute atomic E-state index is 0.744. The Bertz CT molecular complexity index is 672. The lowest BCUT2D eigenvalue weighted by molar-refractivity contribution is 0.00534. The van der Waals surface area contributed by atoms with Crippen molar-refractivity contribution >= 4 is 5.69 Å². The lowest BCUT2D eigenvalue weighted by Gasteiger charge is -2.52. The van der Waals surface area contributed by atoms with E-state index in [1.54, 1.807) is 5.56 Å². The van der Waals surface area contributed by atoms with Gasteiger partial charge >= 0.3 is 0 Å². The van der Waals surface area contributed by atoms with Gasteiger partial charge in [0, 0.05) is 12.2 Å². The predicted octanol–water partition coefficient (Wildman–Crippen LogP) is 7.15. The second-order valence-corrected chi connectivity index (χ2v) is 8.80. The second kappa shape index (κ2) is 7.86. The summed E-state index contributed by atoms with van der Waals surface area (Å²) in [4.78, 5) is 0. The van der Waals surface area contributed by atoms with Crippen LogP contribution in [0, 0.1) is 11.3 Å². The zero-order chi connectivity index (χ0) is 17.8. The van der Waals surface area contributed by atoms with Gasteiger partial charge in [-0.3, -0.25) is 0 Å². The largest absolute Gasteiger partial charge is 0.381 e. The lowest BCUT2D eigenvalue weighted by Crippen LogP contribution is -2.39. The maximum absolute atomic E-state index is 3.54. The van der Waals surface area contributed by atoms with Gasteiger partial charge in [-0.2, -0.15) is 0 Å². The molecule has 0 saturated heterocycles. The van der Waals surface area contributed by atoms with Crippen LogP contribution in [0.15, 0.2) is 54.6 Å². The van der Waals surface area contributed by atoms with E-state index in [9.17, 15) is 0 Å². The summed E-state index contributed by atoms with van der Waals surface area (Å²) in [6.07, 6.45) is 11.6. The zero-order valence-corrected chi connectivity index (χ0v) is 16.2. The smallest absolute Gasteiger partial charge is 0.0400 e. The van der Waals surface area contributed by atoms with Crippen molar-refractivity contribution in [1.29, 1.82) is 0 Å². The first kappa shape index (κ1) is 17.6. The summed E-state index contributed by atoms with van der Waals surface area (Å²) in [6, 6.07) is 19.9. The number of anilines is 1. The average molecular weight is 348 g/mol. The molecule has 0 radical (unpaired) electrons. The highest BCUT2D eigenvalue weighted by molar-refractivity contribution is 5.45. The van der Waals surface area contributed by atoms with Crippen molar-refractivity contribution in [3.8, 4) is 0 Å². The Kier molecular flexibility index (Phi) is 5.33. The van der Waals surface area contributed by atoms with Crippen molar-refractivity contribution in [2.45, 2.75) is 70.8 Å². The lowest BCUT2D eigenvalue weighted by atomic mass is 9.53. The maximum atomic E-state index is 3.54. The fraction of sp³-hybridized carbons (Fsp3) is 0.520. The molecule has 0 heterocycles. The third-order valence-corrected chi connectivity index (χ3v) is 6.91. The zero-order valence-electron chi connectivity index (χ0n) is 16.2. The number of benzene rings is 2. The van der Waals surface area contributed by atoms with Crippen LogP contribution in [0.2, 0.25) is 0 Å². The molecule has 138 valence electrons. The van der Waals surface area contributed by atoms with Gasteiger partial charge in [-0.15, -0.1) is 0 Å². The first-order valence-electron chi connectivity index (χ1n) is 10.6. The highest BCUT2D eigenvalue weighted by Gasteiger charge is 2.45. The quantitative estimate of drug-likeness (QED) is 0.585. The molecule has 0 bridgehead atoms. The van der Waals surface area contributed by atoms with Gasteiger partial charge in [0.05, 0.1) is 0 Å². The van der Waals surface area contributed by atoms with Crippen LogP contribution < -0.4 is 5.32 Å². The first-order valence-corrected chi connectivity index (χ1v) is 10.6. The van der Waals surface area contributed by atoms with Gasteiger partial charge in [0.2, 0.25) is 0 Å². The molecule has 4 rings (SSSR count). The van der Waals surface area contributed by atoms with E-state index in [2.05, 4.69) is 66.8 Å². The van der Waals surface area contributed by atoms with E-state index in [-0.39, 0.29) is 0 Å². The van der Waals surface area contributed by atoms with Gasteiger partial charge in [-0.05, 0) is 79.0 Å². The summed E-state index contributed by atoms with van der Waals surface area (Å²) in [5.41, 5.74) is 4.85. The van der Waals surface area contributed by atoms with Crippen LogP contribution in [-0.2, 0) is 6.54 Å². The molecule has 0 amide bonds. The monoisotopic (exact) mass is 347 g/mol. The Morgan fingerprint density at radius 2 is 1.62 bits per heavy atom. The molecular formula is C25H33N. The third-order valence-electron chi connectivity index (χ3n) is 6.91. The fourth-order valence-corrected chi connectivity index (χ4v) is 5.42. The Morgan fingerprint density at radius 3 is 2.27 bits per heavy atom. The summed E-state index contributed by atoms with van der Waals surface area (Å²) in [6.45, 7) is 3.23. The van der Waals surface area contributed by atoms with Crippen molar-refractivity contribution in [3.63, 3.8) is 0 Å². The maximum Gasteiger partial charge on any atom is 0.0400 e. The Labute approximate surface area is 159 Å². The summed E-state index contributed by atoms with van der Waals surface area (Å²) < 4.78 is 0. The fourth-order valence-electron chi connectivity index (χ4n) is 5.42. The first-order chi connectivity index (χ1) is 12.8. The number of nitrogens with one attached hydrogen (secondary N) is 1. The van der Waals surface area contributed by atoms with Crippen LogP contribution in [0.5, 0.6) is 0 Å². The number of rotatable bonds is 6. The molecule has 26 heavy (non-hydrogen) atoms. The molecular weight excluding hydrogens is 314 g/mol. The van der Waals surface area contributed by atoms with Crippen molar-refractivity contribution in [2.75, 3.05) is 5.32 Å². The van der Waals surface area contributed by atoms with E-state index in [1.807, 2.05) is 0 Å². The molecule has 2 aromatic rings. The van der Waals surface area contributed by atoms with Gasteiger partial charge in [0.25, 0.3) is 0 Å². The van der Waals surface area contributed by atoms with Crippen molar-refractivity contribution in [2.24, 2.45) is 11.3 Å². The van der Waals surface area contributed by atoms with Crippen molar-refractivity contribution in [1.82, 2.24) is 0 Å². The SMILES string of the molecule is CCCC1CC2(CCC(c3ccc(NCc4ccccc4)cc3)CC2)C1. The van der Waals surface area contributed by atoms with E-state index in [4.69, 9.17) is 0 Å². The van der Waals surface area contributed by atoms with E-state index < -0.39 is 0 Å². The van der Waals surface area contributed by atoms with Crippen LogP contribution in [-0.4, -0.2) is 0 Å². The minimum Gasteiger partial charge on any atom is -0.381 e. The van der Waals surface area contributed by atoms with E-state index >= 15 is 0 Å². The van der Waals surface area contributed by atoms with Gasteiger partial charge < -0.3 is 5.32 Å². The van der Waals surface area contributed by atoms with E-state index in [1.165, 1.54) is 62.6 Å². The van der Waals surface area contributed by atoms with Gasteiger partial charge in [-0.25, -0.2) is 0 Å². The number of hydrogen-bond donors (Lipinski definition) is 1. The molecule has 0 aromatic heterocycles. The normalized spacial score (nSPS) is 27.9. The molecule has 1 N–H and O–H groups in total. The summed E-state index contributed by atoms with van der Waals surface area (Å²) in [7, 11) is 0. The van der Waals surface area contributed by atoms with Crippen LogP contribution >= 0.6 is 0 Å². The molecule has 2 aliphatic rings. The standard InChI is InChI=1S/C25H33N/c1-2-6-21-17-25(18-21)15-13-23(14-16-25)22-9-11-24(12-10-22)26-19-20-7-4-3-5-8-20/h3-5,7-12,21,23,26H,2,6,13-19H2,1H3. The van der Waals surface area contributed by atoms with Crippen molar-refractivity contribution < 1.29 is 0 Å². The molecule has 2 saturated carbocycles. The van der Waals surface area contributed by atoms with Gasteiger partial charge in [-0.1, -0.05) is 62.2 Å².